The van der Waals surface area contributed by atoms with Gasteiger partial charge in [-0.3, -0.25) is 4.79 Å². The standard InChI is InChI=1S/C12H20N2O2S2/c1-18-11(2-3-11)8-14-10(15)12(9(13)17)4-6-16-7-5-12/h2-8H2,1H3,(H2,13,17)(H,14,15). The number of carbonyl (C=O) groups is 1. The van der Waals surface area contributed by atoms with E-state index < -0.39 is 5.41 Å². The number of nitrogens with two attached hydrogens (primary N) is 1. The van der Waals surface area contributed by atoms with E-state index in [1.165, 1.54) is 12.8 Å². The third-order valence-corrected chi connectivity index (χ3v) is 5.87. The largest absolute Gasteiger partial charge is 0.392 e. The second-order valence-electron chi connectivity index (χ2n) is 5.13. The van der Waals surface area contributed by atoms with Crippen LogP contribution in [0.1, 0.15) is 25.7 Å². The molecule has 0 aromatic heterocycles. The maximum Gasteiger partial charge on any atom is 0.233 e. The molecule has 1 saturated heterocycles. The minimum Gasteiger partial charge on any atom is -0.392 e. The van der Waals surface area contributed by atoms with Gasteiger partial charge in [0.1, 0.15) is 5.41 Å². The first-order valence-corrected chi connectivity index (χ1v) is 7.89. The van der Waals surface area contributed by atoms with Gasteiger partial charge in [-0.15, -0.1) is 0 Å². The molecule has 1 aliphatic carbocycles. The zero-order valence-electron chi connectivity index (χ0n) is 10.7. The molecule has 0 radical (unpaired) electrons. The zero-order valence-corrected chi connectivity index (χ0v) is 12.3. The van der Waals surface area contributed by atoms with Gasteiger partial charge in [-0.1, -0.05) is 12.2 Å². The highest BCUT2D eigenvalue weighted by Crippen LogP contribution is 2.46. The summed E-state index contributed by atoms with van der Waals surface area (Å²) in [5.74, 6) is -0.0152. The van der Waals surface area contributed by atoms with Crippen molar-refractivity contribution in [3.05, 3.63) is 0 Å². The average molecular weight is 288 g/mol. The summed E-state index contributed by atoms with van der Waals surface area (Å²) in [6.07, 6.45) is 5.65. The molecule has 2 fully saturated rings. The van der Waals surface area contributed by atoms with Gasteiger partial charge in [-0.25, -0.2) is 0 Å². The van der Waals surface area contributed by atoms with Gasteiger partial charge in [-0.05, 0) is 31.9 Å². The number of ether oxygens (including phenoxy) is 1. The van der Waals surface area contributed by atoms with Crippen LogP contribution in [0.3, 0.4) is 0 Å². The van der Waals surface area contributed by atoms with Gasteiger partial charge in [0.05, 0.1) is 4.99 Å². The fraction of sp³-hybridized carbons (Fsp3) is 0.833. The zero-order chi connectivity index (χ0) is 13.2. The van der Waals surface area contributed by atoms with Crippen molar-refractivity contribution in [2.24, 2.45) is 11.1 Å². The fourth-order valence-corrected chi connectivity index (χ4v) is 3.33. The Kier molecular flexibility index (Phi) is 4.18. The summed E-state index contributed by atoms with van der Waals surface area (Å²) in [4.78, 5) is 12.7. The number of rotatable bonds is 5. The minimum atomic E-state index is -0.692. The Hall–Kier alpha value is -0.330. The van der Waals surface area contributed by atoms with Crippen molar-refractivity contribution in [1.29, 1.82) is 0 Å². The Balaban J connectivity index is 1.98. The maximum atomic E-state index is 12.4. The van der Waals surface area contributed by atoms with Crippen LogP contribution >= 0.6 is 24.0 Å². The molecule has 0 aromatic rings. The van der Waals surface area contributed by atoms with Crippen LogP contribution in [0.25, 0.3) is 0 Å². The Morgan fingerprint density at radius 1 is 1.39 bits per heavy atom. The molecule has 0 bridgehead atoms. The lowest BCUT2D eigenvalue weighted by atomic mass is 9.79. The summed E-state index contributed by atoms with van der Waals surface area (Å²) in [7, 11) is 0. The van der Waals surface area contributed by atoms with Crippen molar-refractivity contribution in [3.8, 4) is 0 Å². The maximum absolute atomic E-state index is 12.4. The van der Waals surface area contributed by atoms with Crippen LogP contribution in [0.5, 0.6) is 0 Å². The molecule has 1 heterocycles. The molecule has 1 aliphatic heterocycles. The van der Waals surface area contributed by atoms with Crippen molar-refractivity contribution in [3.63, 3.8) is 0 Å². The first-order chi connectivity index (χ1) is 8.55. The Morgan fingerprint density at radius 2 is 2.00 bits per heavy atom. The molecule has 102 valence electrons. The second-order valence-corrected chi connectivity index (χ2v) is 6.84. The van der Waals surface area contributed by atoms with Crippen LogP contribution in [0.4, 0.5) is 0 Å². The first-order valence-electron chi connectivity index (χ1n) is 6.26. The summed E-state index contributed by atoms with van der Waals surface area (Å²) in [6, 6.07) is 0. The van der Waals surface area contributed by atoms with Gasteiger partial charge in [0.2, 0.25) is 5.91 Å². The smallest absolute Gasteiger partial charge is 0.233 e. The summed E-state index contributed by atoms with van der Waals surface area (Å²) >= 11 is 6.94. The third-order valence-electron chi connectivity index (χ3n) is 4.06. The van der Waals surface area contributed by atoms with Gasteiger partial charge in [-0.2, -0.15) is 11.8 Å². The van der Waals surface area contributed by atoms with E-state index in [0.717, 1.165) is 6.54 Å². The van der Waals surface area contributed by atoms with Crippen LogP contribution in [0.2, 0.25) is 0 Å². The lowest BCUT2D eigenvalue weighted by molar-refractivity contribution is -0.131. The molecule has 0 unspecified atom stereocenters. The molecule has 4 nitrogen and oxygen atoms in total. The second kappa shape index (κ2) is 5.35. The lowest BCUT2D eigenvalue weighted by Gasteiger charge is -2.35. The average Bonchev–Trinajstić information content (AvgIpc) is 3.17. The van der Waals surface area contributed by atoms with Crippen molar-refractivity contribution >= 4 is 34.9 Å². The Bertz CT molecular complexity index is 350. The van der Waals surface area contributed by atoms with Crippen LogP contribution in [0.15, 0.2) is 0 Å². The summed E-state index contributed by atoms with van der Waals surface area (Å²) < 4.78 is 5.57. The molecule has 0 atom stereocenters. The summed E-state index contributed by atoms with van der Waals surface area (Å²) in [5.41, 5.74) is 5.11. The third kappa shape index (κ3) is 2.65. The minimum absolute atomic E-state index is 0.0152. The molecule has 18 heavy (non-hydrogen) atoms. The quantitative estimate of drug-likeness (QED) is 0.741. The molecule has 0 spiro atoms. The van der Waals surface area contributed by atoms with E-state index in [4.69, 9.17) is 22.7 Å². The highest BCUT2D eigenvalue weighted by atomic mass is 32.2. The number of thiocarbonyl (C=S) groups is 1. The van der Waals surface area contributed by atoms with E-state index >= 15 is 0 Å². The first kappa shape index (κ1) is 14.1. The number of hydrogen-bond acceptors (Lipinski definition) is 4. The Morgan fingerprint density at radius 3 is 2.44 bits per heavy atom. The number of thioether (sulfide) groups is 1. The van der Waals surface area contributed by atoms with Crippen molar-refractivity contribution in [1.82, 2.24) is 5.32 Å². The van der Waals surface area contributed by atoms with Crippen LogP contribution < -0.4 is 11.1 Å². The summed E-state index contributed by atoms with van der Waals surface area (Å²) in [6.45, 7) is 1.83. The van der Waals surface area contributed by atoms with E-state index in [9.17, 15) is 4.79 Å². The number of nitrogens with one attached hydrogen (secondary N) is 1. The van der Waals surface area contributed by atoms with E-state index in [1.807, 2.05) is 11.8 Å². The van der Waals surface area contributed by atoms with Crippen LogP contribution in [-0.2, 0) is 9.53 Å². The van der Waals surface area contributed by atoms with Crippen molar-refractivity contribution < 1.29 is 9.53 Å². The highest BCUT2D eigenvalue weighted by molar-refractivity contribution is 8.00. The molecule has 3 N–H and O–H groups in total. The SMILES string of the molecule is CSC1(CNC(=O)C2(C(N)=S)CCOCC2)CC1. The normalized spacial score (nSPS) is 24.3. The Labute approximate surface area is 117 Å². The van der Waals surface area contributed by atoms with Gasteiger partial charge in [0.25, 0.3) is 0 Å². The summed E-state index contributed by atoms with van der Waals surface area (Å²) in [5, 5.41) is 3.05. The molecular formula is C12H20N2O2S2. The number of carbonyl (C=O) groups excluding carboxylic acids is 1. The van der Waals surface area contributed by atoms with E-state index in [0.29, 0.717) is 31.0 Å². The van der Waals surface area contributed by atoms with E-state index in [1.54, 1.807) is 0 Å². The number of hydrogen-bond donors (Lipinski definition) is 2. The molecule has 1 amide bonds. The van der Waals surface area contributed by atoms with Crippen LogP contribution in [0, 0.1) is 5.41 Å². The molecule has 0 aromatic carbocycles. The van der Waals surface area contributed by atoms with Gasteiger partial charge < -0.3 is 15.8 Å². The molecule has 2 aliphatic rings. The van der Waals surface area contributed by atoms with E-state index in [-0.39, 0.29) is 10.7 Å². The molecular weight excluding hydrogens is 268 g/mol. The topological polar surface area (TPSA) is 64.4 Å². The van der Waals surface area contributed by atoms with Crippen molar-refractivity contribution in [2.75, 3.05) is 26.0 Å². The van der Waals surface area contributed by atoms with Crippen LogP contribution in [-0.4, -0.2) is 41.7 Å². The van der Waals surface area contributed by atoms with E-state index in [2.05, 4.69) is 11.6 Å². The lowest BCUT2D eigenvalue weighted by Crippen LogP contribution is -2.53. The fourth-order valence-electron chi connectivity index (χ4n) is 2.31. The predicted octanol–water partition coefficient (Wildman–Crippen LogP) is 1.08. The molecule has 2 rings (SSSR count). The van der Waals surface area contributed by atoms with Gasteiger partial charge in [0, 0.05) is 24.5 Å². The van der Waals surface area contributed by atoms with Gasteiger partial charge >= 0.3 is 0 Å². The predicted molar refractivity (Wildman–Crippen MR) is 77.8 cm³/mol. The number of amides is 1. The molecule has 6 heteroatoms. The monoisotopic (exact) mass is 288 g/mol. The van der Waals surface area contributed by atoms with Gasteiger partial charge in [0.15, 0.2) is 0 Å². The molecule has 1 saturated carbocycles. The highest BCUT2D eigenvalue weighted by Gasteiger charge is 2.46. The van der Waals surface area contributed by atoms with Crippen molar-refractivity contribution in [2.45, 2.75) is 30.4 Å².